The summed E-state index contributed by atoms with van der Waals surface area (Å²) in [6.45, 7) is 3.36. The number of nitrogens with one attached hydrogen (secondary N) is 1. The number of aromatic amines is 1. The van der Waals surface area contributed by atoms with Gasteiger partial charge in [0.1, 0.15) is 6.61 Å². The average molecular weight is 426 g/mol. The van der Waals surface area contributed by atoms with Gasteiger partial charge in [-0.25, -0.2) is 9.78 Å². The molecule has 0 bridgehead atoms. The molecule has 12 nitrogen and oxygen atoms in total. The molecule has 0 aromatic carbocycles. The molecule has 12 heteroatoms. The van der Waals surface area contributed by atoms with Crippen molar-refractivity contribution >= 4 is 23.9 Å². The number of nitrogens with zero attached hydrogens (tertiary/aromatic N) is 1. The lowest BCUT2D eigenvalue weighted by atomic mass is 10.3. The van der Waals surface area contributed by atoms with E-state index in [1.54, 1.807) is 12.2 Å². The zero-order chi connectivity index (χ0) is 22.7. The highest BCUT2D eigenvalue weighted by molar-refractivity contribution is 5.91. The van der Waals surface area contributed by atoms with Crippen molar-refractivity contribution in [3.05, 3.63) is 34.0 Å². The first kappa shape index (κ1) is 24.5. The van der Waals surface area contributed by atoms with Crippen molar-refractivity contribution in [1.29, 1.82) is 0 Å². The first-order valence-corrected chi connectivity index (χ1v) is 8.60. The minimum Gasteiger partial charge on any atom is -0.464 e. The highest BCUT2D eigenvalue weighted by Crippen LogP contribution is 2.18. The Labute approximate surface area is 171 Å². The fraction of sp³-hybridized carbons (Fsp3) is 0.444. The van der Waals surface area contributed by atoms with Crippen LogP contribution in [0.1, 0.15) is 43.2 Å². The summed E-state index contributed by atoms with van der Waals surface area (Å²) in [5, 5.41) is 0. The molecule has 164 valence electrons. The van der Waals surface area contributed by atoms with Gasteiger partial charge in [-0.15, -0.1) is 0 Å². The van der Waals surface area contributed by atoms with Gasteiger partial charge in [-0.2, -0.15) is 0 Å². The van der Waals surface area contributed by atoms with Crippen molar-refractivity contribution in [2.45, 2.75) is 26.9 Å². The van der Waals surface area contributed by atoms with Gasteiger partial charge in [0, 0.05) is 20.8 Å². The van der Waals surface area contributed by atoms with Crippen LogP contribution in [-0.4, -0.2) is 60.8 Å². The number of hydrogen-bond acceptors (Lipinski definition) is 11. The van der Waals surface area contributed by atoms with Gasteiger partial charge in [0.15, 0.2) is 17.6 Å². The van der Waals surface area contributed by atoms with E-state index in [1.165, 1.54) is 6.92 Å². The number of carbonyl (C=O) groups is 4. The smallest absolute Gasteiger partial charge is 0.360 e. The van der Waals surface area contributed by atoms with Crippen molar-refractivity contribution in [2.75, 3.05) is 26.9 Å². The Morgan fingerprint density at radius 3 is 2.27 bits per heavy atom. The van der Waals surface area contributed by atoms with E-state index in [2.05, 4.69) is 14.7 Å². The normalized spacial score (nSPS) is 11.6. The Balaban J connectivity index is 3.04. The van der Waals surface area contributed by atoms with E-state index in [0.29, 0.717) is 0 Å². The van der Waals surface area contributed by atoms with Gasteiger partial charge < -0.3 is 28.7 Å². The monoisotopic (exact) mass is 426 g/mol. The molecule has 0 saturated carbocycles. The molecule has 1 aromatic heterocycles. The molecule has 1 aromatic rings. The SMILES string of the molecule is COC(=O)c1nc(C(COC/C=C\COC(C)=O)OC(C)=O)[nH]c(=O)c1OC(C)=O. The summed E-state index contributed by atoms with van der Waals surface area (Å²) >= 11 is 0. The molecule has 0 aliphatic heterocycles. The van der Waals surface area contributed by atoms with Crippen LogP contribution in [0.15, 0.2) is 16.9 Å². The van der Waals surface area contributed by atoms with Crippen LogP contribution in [0.2, 0.25) is 0 Å². The summed E-state index contributed by atoms with van der Waals surface area (Å²) in [6.07, 6.45) is 1.94. The molecule has 1 atom stereocenters. The van der Waals surface area contributed by atoms with Gasteiger partial charge in [0.05, 0.1) is 20.3 Å². The fourth-order valence-electron chi connectivity index (χ4n) is 2.02. The molecule has 1 rings (SSSR count). The molecular formula is C18H22N2O10. The van der Waals surface area contributed by atoms with Crippen molar-refractivity contribution in [3.63, 3.8) is 0 Å². The first-order valence-electron chi connectivity index (χ1n) is 8.60. The molecule has 0 amide bonds. The Morgan fingerprint density at radius 1 is 1.03 bits per heavy atom. The Bertz CT molecular complexity index is 874. The van der Waals surface area contributed by atoms with Crippen LogP contribution in [0.25, 0.3) is 0 Å². The molecule has 30 heavy (non-hydrogen) atoms. The van der Waals surface area contributed by atoms with E-state index in [1.807, 2.05) is 0 Å². The van der Waals surface area contributed by atoms with Crippen LogP contribution >= 0.6 is 0 Å². The summed E-state index contributed by atoms with van der Waals surface area (Å²) in [6, 6.07) is 0. The second-order valence-electron chi connectivity index (χ2n) is 5.62. The number of rotatable bonds is 10. The van der Waals surface area contributed by atoms with Crippen molar-refractivity contribution in [3.8, 4) is 5.75 Å². The number of H-pyrrole nitrogens is 1. The van der Waals surface area contributed by atoms with Crippen LogP contribution in [0, 0.1) is 0 Å². The maximum atomic E-state index is 12.3. The number of carbonyl (C=O) groups excluding carboxylic acids is 4. The zero-order valence-corrected chi connectivity index (χ0v) is 16.9. The summed E-state index contributed by atoms with van der Waals surface area (Å²) in [7, 11) is 1.05. The van der Waals surface area contributed by atoms with Gasteiger partial charge in [-0.1, -0.05) is 6.08 Å². The number of methoxy groups -OCH3 is 1. The Hall–Kier alpha value is -3.54. The topological polar surface area (TPSA) is 160 Å². The highest BCUT2D eigenvalue weighted by Gasteiger charge is 2.26. The molecule has 0 fully saturated rings. The fourth-order valence-corrected chi connectivity index (χ4v) is 2.02. The van der Waals surface area contributed by atoms with Crippen molar-refractivity contribution in [1.82, 2.24) is 9.97 Å². The van der Waals surface area contributed by atoms with E-state index in [9.17, 15) is 24.0 Å². The van der Waals surface area contributed by atoms with E-state index in [0.717, 1.165) is 21.0 Å². The summed E-state index contributed by atoms with van der Waals surface area (Å²) in [5.74, 6) is -3.86. The van der Waals surface area contributed by atoms with E-state index < -0.39 is 47.0 Å². The lowest BCUT2D eigenvalue weighted by Gasteiger charge is -2.17. The minimum absolute atomic E-state index is 0.0681. The summed E-state index contributed by atoms with van der Waals surface area (Å²) in [4.78, 5) is 63.7. The molecule has 0 aliphatic carbocycles. The summed E-state index contributed by atoms with van der Waals surface area (Å²) < 4.78 is 24.4. The maximum Gasteiger partial charge on any atom is 0.360 e. The van der Waals surface area contributed by atoms with Gasteiger partial charge in [0.2, 0.25) is 5.75 Å². The molecule has 1 N–H and O–H groups in total. The molecule has 0 aliphatic rings. The maximum absolute atomic E-state index is 12.3. The predicted molar refractivity (Wildman–Crippen MR) is 98.6 cm³/mol. The van der Waals surface area contributed by atoms with Crippen LogP contribution in [0.4, 0.5) is 0 Å². The zero-order valence-electron chi connectivity index (χ0n) is 16.9. The molecule has 0 saturated heterocycles. The molecule has 1 unspecified atom stereocenters. The molecule has 0 radical (unpaired) electrons. The van der Waals surface area contributed by atoms with E-state index in [4.69, 9.17) is 18.9 Å². The van der Waals surface area contributed by atoms with Crippen molar-refractivity contribution < 1.29 is 42.9 Å². The largest absolute Gasteiger partial charge is 0.464 e. The molecular weight excluding hydrogens is 404 g/mol. The van der Waals surface area contributed by atoms with Gasteiger partial charge in [-0.05, 0) is 6.08 Å². The summed E-state index contributed by atoms with van der Waals surface area (Å²) in [5.41, 5.74) is -1.51. The van der Waals surface area contributed by atoms with Crippen LogP contribution in [0.3, 0.4) is 0 Å². The standard InChI is InChI=1S/C18H22N2O10/c1-10(21)28-8-6-5-7-27-9-13(29-11(2)22)16-19-14(18(25)26-4)15(17(24)20-16)30-12(3)23/h5-6,13H,7-9H2,1-4H3,(H,19,20,24)/b6-5-. The first-order chi connectivity index (χ1) is 14.1. The lowest BCUT2D eigenvalue weighted by molar-refractivity contribution is -0.150. The van der Waals surface area contributed by atoms with Gasteiger partial charge in [0.25, 0.3) is 5.56 Å². The third kappa shape index (κ3) is 8.22. The second kappa shape index (κ2) is 12.1. The Morgan fingerprint density at radius 2 is 1.70 bits per heavy atom. The average Bonchev–Trinajstić information content (AvgIpc) is 2.66. The van der Waals surface area contributed by atoms with E-state index >= 15 is 0 Å². The quantitative estimate of drug-likeness (QED) is 0.236. The number of aromatic nitrogens is 2. The number of esters is 4. The third-order valence-corrected chi connectivity index (χ3v) is 3.17. The third-order valence-electron chi connectivity index (χ3n) is 3.17. The van der Waals surface area contributed by atoms with Gasteiger partial charge >= 0.3 is 23.9 Å². The minimum atomic E-state index is -1.17. The van der Waals surface area contributed by atoms with Crippen LogP contribution < -0.4 is 10.3 Å². The molecule has 0 spiro atoms. The number of hydrogen-bond donors (Lipinski definition) is 1. The predicted octanol–water partition coefficient (Wildman–Crippen LogP) is 0.222. The molecule has 1 heterocycles. The number of ether oxygens (including phenoxy) is 5. The van der Waals surface area contributed by atoms with E-state index in [-0.39, 0.29) is 25.6 Å². The second-order valence-corrected chi connectivity index (χ2v) is 5.62. The Kier molecular flexibility index (Phi) is 9.89. The van der Waals surface area contributed by atoms with Crippen LogP contribution in [-0.2, 0) is 33.3 Å². The van der Waals surface area contributed by atoms with Crippen molar-refractivity contribution in [2.24, 2.45) is 0 Å². The van der Waals surface area contributed by atoms with Crippen LogP contribution in [0.5, 0.6) is 5.75 Å². The highest BCUT2D eigenvalue weighted by atomic mass is 16.6. The lowest BCUT2D eigenvalue weighted by Crippen LogP contribution is -2.26. The van der Waals surface area contributed by atoms with Gasteiger partial charge in [-0.3, -0.25) is 19.2 Å².